The van der Waals surface area contributed by atoms with Crippen molar-refractivity contribution in [3.63, 3.8) is 0 Å². The molecule has 0 spiro atoms. The van der Waals surface area contributed by atoms with Gasteiger partial charge in [-0.25, -0.2) is 0 Å². The largest absolute Gasteiger partial charge is 0.255 e. The monoisotopic (exact) mass is 163 g/mol. The molecule has 1 aromatic heterocycles. The van der Waals surface area contributed by atoms with E-state index in [0.717, 1.165) is 10.9 Å². The van der Waals surface area contributed by atoms with Crippen molar-refractivity contribution in [2.24, 2.45) is 0 Å². The first-order valence-electron chi connectivity index (χ1n) is 3.36. The molecule has 1 heterocycles. The van der Waals surface area contributed by atoms with Gasteiger partial charge in [0.15, 0.2) is 0 Å². The fraction of sp³-hybridized carbons (Fsp3) is 0. The van der Waals surface area contributed by atoms with E-state index < -0.39 is 0 Å². The van der Waals surface area contributed by atoms with E-state index >= 15 is 0 Å². The number of pyridine rings is 1. The maximum Gasteiger partial charge on any atom is 0.0703 e. The summed E-state index contributed by atoms with van der Waals surface area (Å²) >= 11 is 5.76. The molecule has 11 heavy (non-hydrogen) atoms. The number of para-hydroxylation sites is 1. The molecule has 0 fully saturated rings. The van der Waals surface area contributed by atoms with Crippen LogP contribution in [-0.2, 0) is 0 Å². The number of aromatic nitrogens is 1. The molecule has 0 unspecified atom stereocenters. The zero-order valence-electron chi connectivity index (χ0n) is 5.79. The zero-order valence-corrected chi connectivity index (χ0v) is 6.55. The molecule has 0 radical (unpaired) electrons. The highest BCUT2D eigenvalue weighted by molar-refractivity contribution is 6.31. The van der Waals surface area contributed by atoms with Crippen LogP contribution in [0.3, 0.4) is 0 Å². The van der Waals surface area contributed by atoms with Crippen molar-refractivity contribution in [2.45, 2.75) is 0 Å². The topological polar surface area (TPSA) is 12.9 Å². The average Bonchev–Trinajstić information content (AvgIpc) is 2.04. The Morgan fingerprint density at radius 1 is 1.18 bits per heavy atom. The number of rotatable bonds is 0. The first-order valence-corrected chi connectivity index (χ1v) is 3.74. The van der Waals surface area contributed by atoms with E-state index in [-0.39, 0.29) is 0 Å². The van der Waals surface area contributed by atoms with Gasteiger partial charge in [0.1, 0.15) is 0 Å². The fourth-order valence-corrected chi connectivity index (χ4v) is 1.21. The summed E-state index contributed by atoms with van der Waals surface area (Å²) in [6.45, 7) is 0. The lowest BCUT2D eigenvalue weighted by molar-refractivity contribution is 1.41. The number of hydrogen-bond acceptors (Lipinski definition) is 1. The number of hydrogen-bond donors (Lipinski definition) is 0. The van der Waals surface area contributed by atoms with Crippen LogP contribution < -0.4 is 0 Å². The van der Waals surface area contributed by atoms with Crippen LogP contribution in [0.4, 0.5) is 0 Å². The summed E-state index contributed by atoms with van der Waals surface area (Å²) in [7, 11) is 0. The predicted octanol–water partition coefficient (Wildman–Crippen LogP) is 2.89. The smallest absolute Gasteiger partial charge is 0.0703 e. The van der Waals surface area contributed by atoms with Crippen molar-refractivity contribution >= 4 is 22.5 Å². The summed E-state index contributed by atoms with van der Waals surface area (Å²) < 4.78 is 0. The van der Waals surface area contributed by atoms with Crippen LogP contribution in [0.25, 0.3) is 10.9 Å². The van der Waals surface area contributed by atoms with Crippen molar-refractivity contribution in [2.75, 3.05) is 0 Å². The number of halogens is 1. The highest BCUT2D eigenvalue weighted by Crippen LogP contribution is 2.15. The lowest BCUT2D eigenvalue weighted by Crippen LogP contribution is -1.75. The number of nitrogens with zero attached hydrogens (tertiary/aromatic N) is 1. The molecule has 0 aliphatic rings. The Kier molecular flexibility index (Phi) is 1.51. The van der Waals surface area contributed by atoms with E-state index in [2.05, 4.69) is 4.98 Å². The highest BCUT2D eigenvalue weighted by Gasteiger charge is 1.92. The quantitative estimate of drug-likeness (QED) is 0.582. The lowest BCUT2D eigenvalue weighted by Gasteiger charge is -1.94. The molecule has 0 saturated heterocycles. The molecule has 1 nitrogen and oxygen atoms in total. The summed E-state index contributed by atoms with van der Waals surface area (Å²) in [6, 6.07) is 9.80. The normalized spacial score (nSPS) is 10.3. The van der Waals surface area contributed by atoms with Gasteiger partial charge in [-0.3, -0.25) is 4.98 Å². The molecule has 0 N–H and O–H groups in total. The Morgan fingerprint density at radius 3 is 2.91 bits per heavy atom. The summed E-state index contributed by atoms with van der Waals surface area (Å²) in [5, 5.41) is 1.77. The second-order valence-corrected chi connectivity index (χ2v) is 2.78. The molecule has 0 saturated carbocycles. The Hall–Kier alpha value is -1.08. The first-order chi connectivity index (χ1) is 5.36. The minimum absolute atomic E-state index is 0.684. The van der Waals surface area contributed by atoms with Crippen molar-refractivity contribution in [1.29, 1.82) is 0 Å². The Labute approximate surface area is 69.6 Å². The third-order valence-corrected chi connectivity index (χ3v) is 1.76. The van der Waals surface area contributed by atoms with E-state index in [1.807, 2.05) is 30.3 Å². The van der Waals surface area contributed by atoms with Gasteiger partial charge in [-0.2, -0.15) is 0 Å². The van der Waals surface area contributed by atoms with Crippen LogP contribution in [0.15, 0.2) is 36.5 Å². The van der Waals surface area contributed by atoms with Crippen LogP contribution in [-0.4, -0.2) is 4.98 Å². The zero-order chi connectivity index (χ0) is 7.68. The summed E-state index contributed by atoms with van der Waals surface area (Å²) in [5.41, 5.74) is 0.983. The fourth-order valence-electron chi connectivity index (χ4n) is 1.04. The SMILES string of the molecule is Clc1cnc2ccccc2c1. The lowest BCUT2D eigenvalue weighted by atomic mass is 10.2. The molecule has 0 atom stereocenters. The van der Waals surface area contributed by atoms with E-state index in [1.165, 1.54) is 0 Å². The van der Waals surface area contributed by atoms with E-state index in [0.29, 0.717) is 5.02 Å². The molecule has 0 amide bonds. The summed E-state index contributed by atoms with van der Waals surface area (Å²) in [6.07, 6.45) is 1.66. The molecule has 2 aromatic rings. The maximum atomic E-state index is 5.76. The third kappa shape index (κ3) is 1.19. The molecular weight excluding hydrogens is 158 g/mol. The predicted molar refractivity (Wildman–Crippen MR) is 46.8 cm³/mol. The van der Waals surface area contributed by atoms with Gasteiger partial charge in [0, 0.05) is 11.6 Å². The van der Waals surface area contributed by atoms with Crippen LogP contribution >= 0.6 is 11.6 Å². The van der Waals surface area contributed by atoms with Crippen molar-refractivity contribution in [1.82, 2.24) is 4.98 Å². The van der Waals surface area contributed by atoms with Crippen molar-refractivity contribution in [3.05, 3.63) is 41.6 Å². The molecule has 0 bridgehead atoms. The van der Waals surface area contributed by atoms with E-state index in [4.69, 9.17) is 11.6 Å². The average molecular weight is 164 g/mol. The molecule has 2 rings (SSSR count). The molecular formula is C9H6ClN. The molecule has 2 heteroatoms. The van der Waals surface area contributed by atoms with Gasteiger partial charge in [0.25, 0.3) is 0 Å². The summed E-state index contributed by atoms with van der Waals surface area (Å²) in [4.78, 5) is 4.15. The number of fused-ring (bicyclic) bond motifs is 1. The van der Waals surface area contributed by atoms with Gasteiger partial charge in [-0.15, -0.1) is 0 Å². The van der Waals surface area contributed by atoms with Crippen LogP contribution in [0.2, 0.25) is 5.02 Å². The highest BCUT2D eigenvalue weighted by atomic mass is 35.5. The van der Waals surface area contributed by atoms with E-state index in [9.17, 15) is 0 Å². The van der Waals surface area contributed by atoms with Crippen molar-refractivity contribution < 1.29 is 0 Å². The van der Waals surface area contributed by atoms with Crippen LogP contribution in [0, 0.1) is 0 Å². The molecule has 0 aliphatic heterocycles. The van der Waals surface area contributed by atoms with Gasteiger partial charge < -0.3 is 0 Å². The maximum absolute atomic E-state index is 5.76. The second-order valence-electron chi connectivity index (χ2n) is 2.35. The van der Waals surface area contributed by atoms with Gasteiger partial charge in [0.2, 0.25) is 0 Å². The molecule has 0 aliphatic carbocycles. The Balaban J connectivity index is 2.83. The van der Waals surface area contributed by atoms with E-state index in [1.54, 1.807) is 6.20 Å². The second kappa shape index (κ2) is 2.51. The molecule has 54 valence electrons. The Morgan fingerprint density at radius 2 is 2.00 bits per heavy atom. The molecule has 1 aromatic carbocycles. The van der Waals surface area contributed by atoms with Crippen molar-refractivity contribution in [3.8, 4) is 0 Å². The summed E-state index contributed by atoms with van der Waals surface area (Å²) in [5.74, 6) is 0. The van der Waals surface area contributed by atoms with Gasteiger partial charge in [-0.05, 0) is 12.1 Å². The van der Waals surface area contributed by atoms with Gasteiger partial charge >= 0.3 is 0 Å². The Bertz CT molecular complexity index is 384. The first kappa shape index (κ1) is 6.62. The third-order valence-electron chi connectivity index (χ3n) is 1.56. The minimum Gasteiger partial charge on any atom is -0.255 e. The standard InChI is InChI=1S/C9H6ClN/c10-8-5-7-3-1-2-4-9(7)11-6-8/h1-6H. The van der Waals surface area contributed by atoms with Crippen LogP contribution in [0.1, 0.15) is 0 Å². The van der Waals surface area contributed by atoms with Crippen LogP contribution in [0.5, 0.6) is 0 Å². The number of benzene rings is 1. The van der Waals surface area contributed by atoms with Gasteiger partial charge in [0.05, 0.1) is 10.5 Å². The minimum atomic E-state index is 0.684. The van der Waals surface area contributed by atoms with Gasteiger partial charge in [-0.1, -0.05) is 29.8 Å².